The van der Waals surface area contributed by atoms with E-state index in [0.717, 1.165) is 22.7 Å². The average Bonchev–Trinajstić information content (AvgIpc) is 2.70. The van der Waals surface area contributed by atoms with E-state index in [1.54, 1.807) is 18.4 Å². The van der Waals surface area contributed by atoms with Crippen LogP contribution in [0.3, 0.4) is 0 Å². The van der Waals surface area contributed by atoms with Gasteiger partial charge in [0.1, 0.15) is 11.3 Å². The first-order chi connectivity index (χ1) is 7.74. The van der Waals surface area contributed by atoms with Gasteiger partial charge in [0, 0.05) is 0 Å². The molecule has 0 aliphatic rings. The minimum atomic E-state index is 0.892. The van der Waals surface area contributed by atoms with Crippen molar-refractivity contribution in [3.8, 4) is 5.75 Å². The van der Waals surface area contributed by atoms with Crippen molar-refractivity contribution in [1.29, 1.82) is 0 Å². The number of nitrogens with zero attached hydrogens (tertiary/aromatic N) is 1. The number of benzene rings is 1. The number of rotatable bonds is 2. The lowest BCUT2D eigenvalue weighted by Gasteiger charge is -2.03. The fraction of sp³-hybridized carbons (Fsp3) is 0.462. The third-order valence-corrected chi connectivity index (χ3v) is 3.17. The molecular weight excluding hydrogens is 218 g/mol. The second-order valence-electron chi connectivity index (χ2n) is 3.23. The molecule has 0 N–H and O–H groups in total. The normalized spacial score (nSPS) is 9.81. The smallest absolute Gasteiger partial charge is 0.146 e. The summed E-state index contributed by atoms with van der Waals surface area (Å²) in [7, 11) is 1.70. The lowest BCUT2D eigenvalue weighted by Crippen LogP contribution is -1.87. The third kappa shape index (κ3) is 2.53. The highest BCUT2D eigenvalue weighted by molar-refractivity contribution is 7.18. The predicted molar refractivity (Wildman–Crippen MR) is 71.6 cm³/mol. The molecule has 1 aromatic carbocycles. The summed E-state index contributed by atoms with van der Waals surface area (Å²) < 4.78 is 6.55. The van der Waals surface area contributed by atoms with Crippen LogP contribution in [0.4, 0.5) is 0 Å². The van der Waals surface area contributed by atoms with Crippen LogP contribution in [-0.4, -0.2) is 12.1 Å². The van der Waals surface area contributed by atoms with Crippen molar-refractivity contribution in [2.75, 3.05) is 7.11 Å². The first kappa shape index (κ1) is 13.0. The molecule has 0 spiro atoms. The Bertz CT molecular complexity index is 462. The fourth-order valence-corrected chi connectivity index (χ4v) is 2.43. The molecule has 1 aromatic heterocycles. The van der Waals surface area contributed by atoms with Crippen molar-refractivity contribution in [2.45, 2.75) is 34.1 Å². The Balaban J connectivity index is 0.000000606. The molecule has 0 saturated carbocycles. The Kier molecular flexibility index (Phi) is 4.74. The molecule has 2 aromatic rings. The number of aromatic nitrogens is 1. The summed E-state index contributed by atoms with van der Waals surface area (Å²) in [6.45, 7) is 8.17. The summed E-state index contributed by atoms with van der Waals surface area (Å²) >= 11 is 1.72. The van der Waals surface area contributed by atoms with Gasteiger partial charge < -0.3 is 4.74 Å². The summed E-state index contributed by atoms with van der Waals surface area (Å²) in [5, 5.41) is 1.09. The van der Waals surface area contributed by atoms with E-state index in [-0.39, 0.29) is 0 Å². The van der Waals surface area contributed by atoms with Crippen molar-refractivity contribution in [3.63, 3.8) is 0 Å². The summed E-state index contributed by atoms with van der Waals surface area (Å²) in [4.78, 5) is 4.45. The number of aryl methyl sites for hydroxylation is 2. The van der Waals surface area contributed by atoms with Gasteiger partial charge in [-0.15, -0.1) is 11.3 Å². The lowest BCUT2D eigenvalue weighted by molar-refractivity contribution is 0.418. The third-order valence-electron chi connectivity index (χ3n) is 2.25. The molecule has 16 heavy (non-hydrogen) atoms. The van der Waals surface area contributed by atoms with E-state index >= 15 is 0 Å². The zero-order valence-corrected chi connectivity index (χ0v) is 11.4. The van der Waals surface area contributed by atoms with Crippen molar-refractivity contribution < 1.29 is 4.74 Å². The lowest BCUT2D eigenvalue weighted by atomic mass is 10.1. The van der Waals surface area contributed by atoms with Crippen molar-refractivity contribution >= 4 is 21.6 Å². The highest BCUT2D eigenvalue weighted by atomic mass is 32.1. The Morgan fingerprint density at radius 3 is 2.56 bits per heavy atom. The minimum absolute atomic E-state index is 0.892. The standard InChI is InChI=1S/C11H13NOS.C2H6/c1-4-8-5-9(13-3)11-10(6-8)14-7(2)12-11;1-2/h5-6H,4H2,1-3H3;1-2H3. The maximum atomic E-state index is 5.33. The average molecular weight is 237 g/mol. The van der Waals surface area contributed by atoms with Gasteiger partial charge in [0.05, 0.1) is 16.8 Å². The van der Waals surface area contributed by atoms with Crippen molar-refractivity contribution in [3.05, 3.63) is 22.7 Å². The van der Waals surface area contributed by atoms with E-state index in [1.807, 2.05) is 20.8 Å². The number of methoxy groups -OCH3 is 1. The molecule has 1 heterocycles. The second kappa shape index (κ2) is 5.85. The van der Waals surface area contributed by atoms with Crippen LogP contribution in [0.15, 0.2) is 12.1 Å². The Morgan fingerprint density at radius 2 is 2.00 bits per heavy atom. The molecule has 0 saturated heterocycles. The van der Waals surface area contributed by atoms with Gasteiger partial charge in [0.15, 0.2) is 0 Å². The van der Waals surface area contributed by atoms with Crippen LogP contribution in [0, 0.1) is 6.92 Å². The molecule has 0 amide bonds. The monoisotopic (exact) mass is 237 g/mol. The number of hydrogen-bond donors (Lipinski definition) is 0. The molecule has 0 aliphatic heterocycles. The predicted octanol–water partition coefficient (Wildman–Crippen LogP) is 4.20. The molecular formula is C13H19NOS. The molecule has 2 rings (SSSR count). The van der Waals surface area contributed by atoms with Crippen molar-refractivity contribution in [1.82, 2.24) is 4.98 Å². The summed E-state index contributed by atoms with van der Waals surface area (Å²) in [5.74, 6) is 0.892. The fourth-order valence-electron chi connectivity index (χ4n) is 1.52. The van der Waals surface area contributed by atoms with Gasteiger partial charge in [0.2, 0.25) is 0 Å². The zero-order chi connectivity index (χ0) is 12.1. The SMILES string of the molecule is CC.CCc1cc(OC)c2nc(C)sc2c1. The van der Waals surface area contributed by atoms with Gasteiger partial charge in [-0.3, -0.25) is 0 Å². The first-order valence-electron chi connectivity index (χ1n) is 5.68. The van der Waals surface area contributed by atoms with Crippen LogP contribution in [0.2, 0.25) is 0 Å². The molecule has 0 bridgehead atoms. The Hall–Kier alpha value is -1.09. The van der Waals surface area contributed by atoms with E-state index in [4.69, 9.17) is 4.74 Å². The van der Waals surface area contributed by atoms with Crippen LogP contribution in [0.1, 0.15) is 31.3 Å². The van der Waals surface area contributed by atoms with Gasteiger partial charge in [0.25, 0.3) is 0 Å². The van der Waals surface area contributed by atoms with Gasteiger partial charge in [-0.1, -0.05) is 20.8 Å². The largest absolute Gasteiger partial charge is 0.494 e. The van der Waals surface area contributed by atoms with Crippen LogP contribution in [-0.2, 0) is 6.42 Å². The van der Waals surface area contributed by atoms with E-state index in [1.165, 1.54) is 10.3 Å². The minimum Gasteiger partial charge on any atom is -0.494 e. The van der Waals surface area contributed by atoms with Gasteiger partial charge in [-0.2, -0.15) is 0 Å². The van der Waals surface area contributed by atoms with Crippen molar-refractivity contribution in [2.24, 2.45) is 0 Å². The molecule has 0 unspecified atom stereocenters. The maximum absolute atomic E-state index is 5.33. The number of hydrogen-bond acceptors (Lipinski definition) is 3. The van der Waals surface area contributed by atoms with Crippen LogP contribution in [0.25, 0.3) is 10.2 Å². The Morgan fingerprint density at radius 1 is 1.31 bits per heavy atom. The van der Waals surface area contributed by atoms with E-state index in [2.05, 4.69) is 24.0 Å². The Labute approximate surface area is 101 Å². The van der Waals surface area contributed by atoms with Gasteiger partial charge in [-0.25, -0.2) is 4.98 Å². The number of thiazole rings is 1. The molecule has 0 radical (unpaired) electrons. The van der Waals surface area contributed by atoms with Crippen LogP contribution >= 0.6 is 11.3 Å². The molecule has 0 atom stereocenters. The quantitative estimate of drug-likeness (QED) is 0.781. The summed E-state index contributed by atoms with van der Waals surface area (Å²) in [6, 6.07) is 4.27. The second-order valence-corrected chi connectivity index (χ2v) is 4.47. The molecule has 88 valence electrons. The number of fused-ring (bicyclic) bond motifs is 1. The molecule has 0 fully saturated rings. The summed E-state index contributed by atoms with van der Waals surface area (Å²) in [5.41, 5.74) is 2.30. The van der Waals surface area contributed by atoms with Gasteiger partial charge >= 0.3 is 0 Å². The molecule has 0 aliphatic carbocycles. The topological polar surface area (TPSA) is 22.1 Å². The van der Waals surface area contributed by atoms with E-state index < -0.39 is 0 Å². The van der Waals surface area contributed by atoms with Gasteiger partial charge in [-0.05, 0) is 31.0 Å². The molecule has 3 heteroatoms. The zero-order valence-electron chi connectivity index (χ0n) is 10.6. The molecule has 2 nitrogen and oxygen atoms in total. The summed E-state index contributed by atoms with van der Waals surface area (Å²) in [6.07, 6.45) is 1.03. The highest BCUT2D eigenvalue weighted by Gasteiger charge is 2.07. The van der Waals surface area contributed by atoms with E-state index in [9.17, 15) is 0 Å². The van der Waals surface area contributed by atoms with Crippen LogP contribution < -0.4 is 4.74 Å². The van der Waals surface area contributed by atoms with Crippen LogP contribution in [0.5, 0.6) is 5.75 Å². The first-order valence-corrected chi connectivity index (χ1v) is 6.50. The number of ether oxygens (including phenoxy) is 1. The van der Waals surface area contributed by atoms with E-state index in [0.29, 0.717) is 0 Å². The highest BCUT2D eigenvalue weighted by Crippen LogP contribution is 2.31. The maximum Gasteiger partial charge on any atom is 0.146 e.